The molecule has 0 atom stereocenters. The molecule has 0 aliphatic carbocycles. The third-order valence-corrected chi connectivity index (χ3v) is 7.22. The van der Waals surface area contributed by atoms with E-state index in [0.29, 0.717) is 16.1 Å². The molecule has 6 nitrogen and oxygen atoms in total. The molecule has 2 heterocycles. The quantitative estimate of drug-likeness (QED) is 0.499. The first kappa shape index (κ1) is 23.7. The predicted molar refractivity (Wildman–Crippen MR) is 136 cm³/mol. The van der Waals surface area contributed by atoms with Gasteiger partial charge in [0.1, 0.15) is 5.00 Å². The van der Waals surface area contributed by atoms with Crippen LogP contribution in [-0.4, -0.2) is 42.3 Å². The van der Waals surface area contributed by atoms with Crippen LogP contribution in [0.15, 0.2) is 60.7 Å². The minimum Gasteiger partial charge on any atom is -0.352 e. The number of carbonyl (C=O) groups is 3. The van der Waals surface area contributed by atoms with Gasteiger partial charge in [-0.25, -0.2) is 0 Å². The molecule has 0 radical (unpaired) electrons. The van der Waals surface area contributed by atoms with E-state index < -0.39 is 0 Å². The molecule has 1 aromatic heterocycles. The number of nitrogens with zero attached hydrogens (tertiary/aromatic N) is 1. The molecule has 176 valence electrons. The lowest BCUT2D eigenvalue weighted by atomic mass is 10.0. The van der Waals surface area contributed by atoms with Crippen LogP contribution in [-0.2, 0) is 4.79 Å². The molecule has 7 heteroatoms. The van der Waals surface area contributed by atoms with Gasteiger partial charge in [0.25, 0.3) is 11.8 Å². The highest BCUT2D eigenvalue weighted by Gasteiger charge is 2.27. The Hall–Kier alpha value is -3.45. The average molecular weight is 476 g/mol. The lowest BCUT2D eigenvalue weighted by Gasteiger charge is -2.27. The second-order valence-electron chi connectivity index (χ2n) is 8.40. The summed E-state index contributed by atoms with van der Waals surface area (Å²) >= 11 is 1.43. The number of anilines is 1. The van der Waals surface area contributed by atoms with Gasteiger partial charge in [0.2, 0.25) is 5.91 Å². The van der Waals surface area contributed by atoms with Crippen LogP contribution in [0.4, 0.5) is 5.00 Å². The molecule has 0 saturated carbocycles. The standard InChI is InChI=1S/C27H29N3O3S/c1-19-23(27(33)30-17-9-4-10-18-30)26(34-24(19)20-11-5-2-6-12-20)29-22(31)15-16-28-25(32)21-13-7-3-8-14-21/h2-3,5-8,11-14H,4,9-10,15-18H2,1H3,(H,28,32)(H,29,31). The summed E-state index contributed by atoms with van der Waals surface area (Å²) in [6.07, 6.45) is 3.26. The van der Waals surface area contributed by atoms with E-state index in [9.17, 15) is 14.4 Å². The van der Waals surface area contributed by atoms with E-state index in [-0.39, 0.29) is 30.7 Å². The Bertz CT molecular complexity index is 1150. The first-order valence-corrected chi connectivity index (χ1v) is 12.5. The fourth-order valence-electron chi connectivity index (χ4n) is 4.15. The van der Waals surface area contributed by atoms with Gasteiger partial charge < -0.3 is 15.5 Å². The Morgan fingerprint density at radius 3 is 2.24 bits per heavy atom. The Kier molecular flexibility index (Phi) is 7.75. The molecule has 1 aliphatic rings. The van der Waals surface area contributed by atoms with Crippen LogP contribution in [0, 0.1) is 6.92 Å². The van der Waals surface area contributed by atoms with Crippen LogP contribution in [0.2, 0.25) is 0 Å². The number of benzene rings is 2. The molecule has 3 amide bonds. The fourth-order valence-corrected chi connectivity index (χ4v) is 5.37. The molecular formula is C27H29N3O3S. The fraction of sp³-hybridized carbons (Fsp3) is 0.296. The Morgan fingerprint density at radius 2 is 1.56 bits per heavy atom. The van der Waals surface area contributed by atoms with Crippen molar-refractivity contribution < 1.29 is 14.4 Å². The summed E-state index contributed by atoms with van der Waals surface area (Å²) in [6.45, 7) is 3.65. The molecule has 2 aromatic carbocycles. The maximum Gasteiger partial charge on any atom is 0.257 e. The van der Waals surface area contributed by atoms with E-state index >= 15 is 0 Å². The molecule has 0 spiro atoms. The molecule has 2 N–H and O–H groups in total. The second-order valence-corrected chi connectivity index (χ2v) is 9.42. The van der Waals surface area contributed by atoms with Crippen molar-refractivity contribution in [3.05, 3.63) is 77.4 Å². The number of likely N-dealkylation sites (tertiary alicyclic amines) is 1. The topological polar surface area (TPSA) is 78.5 Å². The number of carbonyl (C=O) groups excluding carboxylic acids is 3. The molecule has 1 fully saturated rings. The lowest BCUT2D eigenvalue weighted by Crippen LogP contribution is -2.36. The van der Waals surface area contributed by atoms with Crippen molar-refractivity contribution in [3.8, 4) is 10.4 Å². The largest absolute Gasteiger partial charge is 0.352 e. The zero-order chi connectivity index (χ0) is 23.9. The lowest BCUT2D eigenvalue weighted by molar-refractivity contribution is -0.116. The number of amides is 3. The van der Waals surface area contributed by atoms with Crippen LogP contribution in [0.5, 0.6) is 0 Å². The van der Waals surface area contributed by atoms with E-state index in [1.54, 1.807) is 24.3 Å². The SMILES string of the molecule is Cc1c(-c2ccccc2)sc(NC(=O)CCNC(=O)c2ccccc2)c1C(=O)N1CCCCC1. The zero-order valence-corrected chi connectivity index (χ0v) is 20.1. The van der Waals surface area contributed by atoms with Crippen molar-refractivity contribution >= 4 is 34.1 Å². The van der Waals surface area contributed by atoms with Gasteiger partial charge in [-0.05, 0) is 49.4 Å². The van der Waals surface area contributed by atoms with Gasteiger partial charge in [-0.1, -0.05) is 48.5 Å². The summed E-state index contributed by atoms with van der Waals surface area (Å²) in [7, 11) is 0. The molecule has 4 rings (SSSR count). The van der Waals surface area contributed by atoms with Crippen molar-refractivity contribution in [1.29, 1.82) is 0 Å². The van der Waals surface area contributed by atoms with E-state index in [1.165, 1.54) is 11.3 Å². The van der Waals surface area contributed by atoms with Gasteiger partial charge in [-0.15, -0.1) is 11.3 Å². The number of nitrogens with one attached hydrogen (secondary N) is 2. The summed E-state index contributed by atoms with van der Waals surface area (Å²) in [5, 5.41) is 6.31. The highest BCUT2D eigenvalue weighted by molar-refractivity contribution is 7.20. The van der Waals surface area contributed by atoms with E-state index in [0.717, 1.165) is 48.4 Å². The molecular weight excluding hydrogens is 446 g/mol. The normalized spacial score (nSPS) is 13.4. The van der Waals surface area contributed by atoms with Crippen LogP contribution < -0.4 is 10.6 Å². The molecule has 3 aromatic rings. The number of piperidine rings is 1. The molecule has 1 aliphatic heterocycles. The van der Waals surface area contributed by atoms with Crippen LogP contribution in [0.25, 0.3) is 10.4 Å². The van der Waals surface area contributed by atoms with Crippen molar-refractivity contribution in [3.63, 3.8) is 0 Å². The van der Waals surface area contributed by atoms with E-state index in [1.807, 2.05) is 48.2 Å². The monoisotopic (exact) mass is 475 g/mol. The summed E-state index contributed by atoms with van der Waals surface area (Å²) in [6, 6.07) is 18.8. The van der Waals surface area contributed by atoms with E-state index in [4.69, 9.17) is 0 Å². The van der Waals surface area contributed by atoms with Crippen molar-refractivity contribution in [1.82, 2.24) is 10.2 Å². The smallest absolute Gasteiger partial charge is 0.257 e. The Morgan fingerprint density at radius 1 is 0.912 bits per heavy atom. The number of hydrogen-bond acceptors (Lipinski definition) is 4. The van der Waals surface area contributed by atoms with Crippen LogP contribution >= 0.6 is 11.3 Å². The number of hydrogen-bond donors (Lipinski definition) is 2. The van der Waals surface area contributed by atoms with E-state index in [2.05, 4.69) is 10.6 Å². The number of rotatable bonds is 7. The van der Waals surface area contributed by atoms with Gasteiger partial charge in [0, 0.05) is 36.5 Å². The third-order valence-electron chi connectivity index (χ3n) is 5.97. The van der Waals surface area contributed by atoms with Gasteiger partial charge in [-0.2, -0.15) is 0 Å². The van der Waals surface area contributed by atoms with Gasteiger partial charge in [-0.3, -0.25) is 14.4 Å². The van der Waals surface area contributed by atoms with Crippen molar-refractivity contribution in [2.75, 3.05) is 25.0 Å². The Balaban J connectivity index is 1.49. The molecule has 0 unspecified atom stereocenters. The summed E-state index contributed by atoms with van der Waals surface area (Å²) in [5.41, 5.74) is 3.04. The average Bonchev–Trinajstić information content (AvgIpc) is 3.20. The summed E-state index contributed by atoms with van der Waals surface area (Å²) in [5.74, 6) is -0.474. The minimum absolute atomic E-state index is 0.0247. The minimum atomic E-state index is -0.234. The highest BCUT2D eigenvalue weighted by atomic mass is 32.1. The van der Waals surface area contributed by atoms with Crippen LogP contribution in [0.3, 0.4) is 0 Å². The van der Waals surface area contributed by atoms with Gasteiger partial charge >= 0.3 is 0 Å². The van der Waals surface area contributed by atoms with Crippen molar-refractivity contribution in [2.24, 2.45) is 0 Å². The molecule has 1 saturated heterocycles. The highest BCUT2D eigenvalue weighted by Crippen LogP contribution is 2.40. The maximum absolute atomic E-state index is 13.5. The third kappa shape index (κ3) is 5.54. The van der Waals surface area contributed by atoms with Crippen LogP contribution in [0.1, 0.15) is 52.0 Å². The molecule has 34 heavy (non-hydrogen) atoms. The zero-order valence-electron chi connectivity index (χ0n) is 19.3. The van der Waals surface area contributed by atoms with Gasteiger partial charge in [0.05, 0.1) is 5.56 Å². The summed E-state index contributed by atoms with van der Waals surface area (Å²) < 4.78 is 0. The maximum atomic E-state index is 13.5. The first-order valence-electron chi connectivity index (χ1n) is 11.7. The molecule has 0 bridgehead atoms. The summed E-state index contributed by atoms with van der Waals surface area (Å²) in [4.78, 5) is 41.3. The predicted octanol–water partition coefficient (Wildman–Crippen LogP) is 5.11. The second kappa shape index (κ2) is 11.1. The first-order chi connectivity index (χ1) is 16.5. The Labute approximate surface area is 204 Å². The van der Waals surface area contributed by atoms with Gasteiger partial charge in [0.15, 0.2) is 0 Å². The number of thiophene rings is 1. The van der Waals surface area contributed by atoms with Crippen molar-refractivity contribution in [2.45, 2.75) is 32.6 Å².